The normalized spacial score (nSPS) is 17.6. The van der Waals surface area contributed by atoms with Gasteiger partial charge < -0.3 is 15.7 Å². The maximum Gasteiger partial charge on any atom is 0.207 e. The van der Waals surface area contributed by atoms with Crippen molar-refractivity contribution < 1.29 is 9.32 Å². The first kappa shape index (κ1) is 21.1. The van der Waals surface area contributed by atoms with E-state index in [1.54, 1.807) is 0 Å². The smallest absolute Gasteiger partial charge is 0.207 e. The van der Waals surface area contributed by atoms with Gasteiger partial charge in [0.15, 0.2) is 0 Å². The molecule has 28 heavy (non-hydrogen) atoms. The number of aliphatic hydroxyl groups is 1. The van der Waals surface area contributed by atoms with Crippen LogP contribution in [0.2, 0.25) is 0 Å². The summed E-state index contributed by atoms with van der Waals surface area (Å²) in [6, 6.07) is 3.63. The molecule has 0 saturated carbocycles. The lowest BCUT2D eigenvalue weighted by atomic mass is 9.97. The largest absolute Gasteiger partial charge is 0.396 e. The van der Waals surface area contributed by atoms with E-state index in [-0.39, 0.29) is 12.6 Å². The summed E-state index contributed by atoms with van der Waals surface area (Å²) in [6.45, 7) is 4.04. The van der Waals surface area contributed by atoms with Crippen molar-refractivity contribution in [2.24, 2.45) is 16.8 Å². The van der Waals surface area contributed by atoms with E-state index in [0.717, 1.165) is 43.6 Å². The standard InChI is InChI=1S/C16H26N8O2S2/c1-10(8-17)21-28(26)13-3-2-12(24-6-4-11(9-25)5-7-24)14(15(13)27-18)16-19-22-23-20-16/h2-3,10-11,21,25H,4-9,17-18H2,1H3,(H,19,20,22,23). The number of tetrazole rings is 1. The fourth-order valence-electron chi connectivity index (χ4n) is 3.21. The zero-order chi connectivity index (χ0) is 20.1. The van der Waals surface area contributed by atoms with Crippen molar-refractivity contribution in [1.82, 2.24) is 25.3 Å². The van der Waals surface area contributed by atoms with Crippen molar-refractivity contribution in [1.29, 1.82) is 0 Å². The van der Waals surface area contributed by atoms with Crippen LogP contribution in [0.15, 0.2) is 21.9 Å². The number of nitrogens with one attached hydrogen (secondary N) is 2. The highest BCUT2D eigenvalue weighted by Gasteiger charge is 2.27. The van der Waals surface area contributed by atoms with Crippen LogP contribution < -0.4 is 20.5 Å². The molecule has 1 aromatic heterocycles. The number of nitrogens with two attached hydrogens (primary N) is 2. The summed E-state index contributed by atoms with van der Waals surface area (Å²) in [5.41, 5.74) is 7.26. The first-order valence-corrected chi connectivity index (χ1v) is 11.1. The second kappa shape index (κ2) is 9.76. The van der Waals surface area contributed by atoms with Crippen LogP contribution in [0.5, 0.6) is 0 Å². The van der Waals surface area contributed by atoms with Crippen LogP contribution in [0, 0.1) is 5.92 Å². The molecular weight excluding hydrogens is 400 g/mol. The number of rotatable bonds is 8. The summed E-state index contributed by atoms with van der Waals surface area (Å²) >= 11 is 1.01. The van der Waals surface area contributed by atoms with Gasteiger partial charge in [0.25, 0.3) is 0 Å². The van der Waals surface area contributed by atoms with Crippen molar-refractivity contribution in [3.63, 3.8) is 0 Å². The number of aliphatic hydroxyl groups excluding tert-OH is 1. The highest BCUT2D eigenvalue weighted by Crippen LogP contribution is 2.40. The lowest BCUT2D eigenvalue weighted by Crippen LogP contribution is -2.36. The summed E-state index contributed by atoms with van der Waals surface area (Å²) in [5, 5.41) is 29.8. The molecule has 7 N–H and O–H groups in total. The minimum Gasteiger partial charge on any atom is -0.396 e. The van der Waals surface area contributed by atoms with Gasteiger partial charge >= 0.3 is 0 Å². The van der Waals surface area contributed by atoms with Gasteiger partial charge in [-0.15, -0.1) is 10.2 Å². The molecule has 1 fully saturated rings. The number of nitrogens with zero attached hydrogens (tertiary/aromatic N) is 4. The summed E-state index contributed by atoms with van der Waals surface area (Å²) in [5.74, 6) is 0.722. The minimum atomic E-state index is -1.49. The van der Waals surface area contributed by atoms with Gasteiger partial charge in [0, 0.05) is 38.0 Å². The summed E-state index contributed by atoms with van der Waals surface area (Å²) in [6.07, 6.45) is 1.80. The maximum absolute atomic E-state index is 12.9. The van der Waals surface area contributed by atoms with E-state index in [4.69, 9.17) is 10.9 Å². The summed E-state index contributed by atoms with van der Waals surface area (Å²) in [4.78, 5) is 3.42. The average molecular weight is 427 g/mol. The monoisotopic (exact) mass is 426 g/mol. The Morgan fingerprint density at radius 3 is 2.79 bits per heavy atom. The molecule has 10 nitrogen and oxygen atoms in total. The number of aromatic nitrogens is 4. The summed E-state index contributed by atoms with van der Waals surface area (Å²) < 4.78 is 15.8. The highest BCUT2D eigenvalue weighted by atomic mass is 32.2. The van der Waals surface area contributed by atoms with Crippen molar-refractivity contribution in [2.45, 2.75) is 35.6 Å². The Labute approximate surface area is 170 Å². The first-order valence-electron chi connectivity index (χ1n) is 9.10. The Kier molecular flexibility index (Phi) is 7.37. The van der Waals surface area contributed by atoms with Crippen LogP contribution in [-0.2, 0) is 11.0 Å². The molecule has 0 radical (unpaired) electrons. The van der Waals surface area contributed by atoms with Crippen molar-refractivity contribution in [3.05, 3.63) is 12.1 Å². The second-order valence-electron chi connectivity index (χ2n) is 6.78. The van der Waals surface area contributed by atoms with Crippen molar-refractivity contribution >= 4 is 28.6 Å². The number of hydrogen-bond acceptors (Lipinski definition) is 9. The topological polar surface area (TPSA) is 159 Å². The minimum absolute atomic E-state index is 0.109. The molecule has 2 unspecified atom stereocenters. The Morgan fingerprint density at radius 2 is 2.21 bits per heavy atom. The molecule has 0 amide bonds. The van der Waals surface area contributed by atoms with Crippen LogP contribution in [0.1, 0.15) is 19.8 Å². The molecular formula is C16H26N8O2S2. The fourth-order valence-corrected chi connectivity index (χ4v) is 5.13. The number of aromatic amines is 1. The SMILES string of the molecule is CC(CN)NS(=O)c1ccc(N2CCC(CO)CC2)c(-c2nn[nH]n2)c1SN. The van der Waals surface area contributed by atoms with Crippen LogP contribution in [0.3, 0.4) is 0 Å². The van der Waals surface area contributed by atoms with Gasteiger partial charge in [0.1, 0.15) is 11.0 Å². The summed E-state index contributed by atoms with van der Waals surface area (Å²) in [7, 11) is -1.49. The van der Waals surface area contributed by atoms with Crippen LogP contribution in [0.4, 0.5) is 5.69 Å². The Balaban J connectivity index is 2.02. The van der Waals surface area contributed by atoms with Gasteiger partial charge in [-0.1, -0.05) is 0 Å². The third-order valence-corrected chi connectivity index (χ3v) is 7.01. The lowest BCUT2D eigenvalue weighted by Gasteiger charge is -2.34. The molecule has 0 aliphatic carbocycles. The third kappa shape index (κ3) is 4.53. The average Bonchev–Trinajstić information content (AvgIpc) is 3.27. The van der Waals surface area contributed by atoms with Gasteiger partial charge in [-0.2, -0.15) is 5.21 Å². The van der Waals surface area contributed by atoms with Gasteiger partial charge in [-0.3, -0.25) is 5.14 Å². The predicted octanol–water partition coefficient (Wildman–Crippen LogP) is 0.000600. The van der Waals surface area contributed by atoms with Gasteiger partial charge in [0.05, 0.1) is 15.4 Å². The molecule has 1 aliphatic heterocycles. The molecule has 0 spiro atoms. The zero-order valence-electron chi connectivity index (χ0n) is 15.7. The first-order chi connectivity index (χ1) is 13.6. The molecule has 2 atom stereocenters. The predicted molar refractivity (Wildman–Crippen MR) is 110 cm³/mol. The van der Waals surface area contributed by atoms with Crippen LogP contribution in [-0.4, -0.2) is 62.2 Å². The lowest BCUT2D eigenvalue weighted by molar-refractivity contribution is 0.203. The molecule has 0 bridgehead atoms. The molecule has 12 heteroatoms. The Hall–Kier alpha value is -1.57. The van der Waals surface area contributed by atoms with Crippen LogP contribution >= 0.6 is 11.9 Å². The maximum atomic E-state index is 12.9. The quantitative estimate of drug-likeness (QED) is 0.366. The number of benzene rings is 1. The molecule has 154 valence electrons. The van der Waals surface area contributed by atoms with Crippen molar-refractivity contribution in [2.75, 3.05) is 31.1 Å². The van der Waals surface area contributed by atoms with Gasteiger partial charge in [-0.05, 0) is 55.0 Å². The van der Waals surface area contributed by atoms with E-state index < -0.39 is 11.0 Å². The Morgan fingerprint density at radius 1 is 1.46 bits per heavy atom. The molecule has 2 heterocycles. The van der Waals surface area contributed by atoms with E-state index in [9.17, 15) is 9.32 Å². The molecule has 2 aromatic rings. The van der Waals surface area contributed by atoms with Crippen molar-refractivity contribution in [3.8, 4) is 11.4 Å². The van der Waals surface area contributed by atoms with E-state index in [1.165, 1.54) is 0 Å². The zero-order valence-corrected chi connectivity index (χ0v) is 17.3. The molecule has 1 aliphatic rings. The Bertz CT molecular complexity index is 796. The van der Waals surface area contributed by atoms with Crippen LogP contribution in [0.25, 0.3) is 11.4 Å². The van der Waals surface area contributed by atoms with E-state index >= 15 is 0 Å². The second-order valence-corrected chi connectivity index (χ2v) is 8.63. The number of hydrogen-bond donors (Lipinski definition) is 5. The van der Waals surface area contributed by atoms with Gasteiger partial charge in [-0.25, -0.2) is 8.93 Å². The number of piperidine rings is 1. The fraction of sp³-hybridized carbons (Fsp3) is 0.562. The van der Waals surface area contributed by atoms with E-state index in [2.05, 4.69) is 30.2 Å². The van der Waals surface area contributed by atoms with E-state index in [0.29, 0.717) is 33.6 Å². The third-order valence-electron chi connectivity index (χ3n) is 4.86. The highest BCUT2D eigenvalue weighted by molar-refractivity contribution is 7.97. The number of anilines is 1. The van der Waals surface area contributed by atoms with Gasteiger partial charge in [0.2, 0.25) is 5.82 Å². The molecule has 1 saturated heterocycles. The molecule has 1 aromatic carbocycles. The van der Waals surface area contributed by atoms with E-state index in [1.807, 2.05) is 19.1 Å². The molecule has 3 rings (SSSR count). The number of H-pyrrole nitrogens is 1.